The third kappa shape index (κ3) is 3.80. The summed E-state index contributed by atoms with van der Waals surface area (Å²) in [6.45, 7) is 5.56. The minimum Gasteiger partial charge on any atom is -0.380 e. The molecule has 112 valence electrons. The Hall–Kier alpha value is -1.46. The van der Waals surface area contributed by atoms with Crippen molar-refractivity contribution in [3.05, 3.63) is 40.0 Å². The first-order valence-corrected chi connectivity index (χ1v) is 7.87. The number of nitrogens with one attached hydrogen (secondary N) is 1. The van der Waals surface area contributed by atoms with Crippen LogP contribution in [0, 0.1) is 0 Å². The fourth-order valence-corrected chi connectivity index (χ4v) is 2.71. The second kappa shape index (κ2) is 7.52. The van der Waals surface area contributed by atoms with Crippen molar-refractivity contribution >= 4 is 21.7 Å². The van der Waals surface area contributed by atoms with Crippen LogP contribution in [0.15, 0.2) is 28.7 Å². The van der Waals surface area contributed by atoms with Crippen LogP contribution in [0.25, 0.3) is 11.4 Å². The molecule has 0 radical (unpaired) electrons. The second-order valence-corrected chi connectivity index (χ2v) is 5.47. The van der Waals surface area contributed by atoms with E-state index in [0.717, 1.165) is 45.9 Å². The van der Waals surface area contributed by atoms with Crippen LogP contribution in [0.4, 0.5) is 5.82 Å². The maximum absolute atomic E-state index is 5.18. The lowest BCUT2D eigenvalue weighted by Gasteiger charge is -2.12. The Morgan fingerprint density at radius 3 is 2.71 bits per heavy atom. The Balaban J connectivity index is 2.47. The molecule has 0 aliphatic rings. The average molecular weight is 350 g/mol. The van der Waals surface area contributed by atoms with Gasteiger partial charge in [-0.25, -0.2) is 9.97 Å². The van der Waals surface area contributed by atoms with Crippen molar-refractivity contribution in [1.82, 2.24) is 9.97 Å². The van der Waals surface area contributed by atoms with E-state index in [2.05, 4.69) is 51.1 Å². The smallest absolute Gasteiger partial charge is 0.161 e. The topological polar surface area (TPSA) is 47.0 Å². The van der Waals surface area contributed by atoms with Gasteiger partial charge in [-0.3, -0.25) is 0 Å². The van der Waals surface area contributed by atoms with Crippen molar-refractivity contribution in [1.29, 1.82) is 0 Å². The molecule has 1 N–H and O–H groups in total. The largest absolute Gasteiger partial charge is 0.380 e. The molecule has 5 heteroatoms. The third-order valence-corrected chi connectivity index (χ3v) is 3.93. The predicted molar refractivity (Wildman–Crippen MR) is 89.4 cm³/mol. The van der Waals surface area contributed by atoms with Crippen LogP contribution < -0.4 is 5.32 Å². The van der Waals surface area contributed by atoms with Crippen molar-refractivity contribution in [2.45, 2.75) is 26.9 Å². The van der Waals surface area contributed by atoms with Crippen LogP contribution in [0.3, 0.4) is 0 Å². The molecule has 1 aromatic carbocycles. The van der Waals surface area contributed by atoms with Gasteiger partial charge in [-0.2, -0.15) is 0 Å². The Morgan fingerprint density at radius 2 is 2.05 bits per heavy atom. The number of methoxy groups -OCH3 is 1. The zero-order valence-corrected chi connectivity index (χ0v) is 14.2. The zero-order chi connectivity index (χ0) is 15.2. The van der Waals surface area contributed by atoms with E-state index in [9.17, 15) is 0 Å². The van der Waals surface area contributed by atoms with E-state index in [0.29, 0.717) is 6.61 Å². The van der Waals surface area contributed by atoms with Crippen LogP contribution in [0.5, 0.6) is 0 Å². The summed E-state index contributed by atoms with van der Waals surface area (Å²) in [5.74, 6) is 1.58. The summed E-state index contributed by atoms with van der Waals surface area (Å²) < 4.78 is 6.13. The molecule has 0 amide bonds. The molecule has 0 atom stereocenters. The van der Waals surface area contributed by atoms with Crippen molar-refractivity contribution in [2.24, 2.45) is 0 Å². The second-order valence-electron chi connectivity index (χ2n) is 4.67. The summed E-state index contributed by atoms with van der Waals surface area (Å²) in [6, 6.07) is 8.14. The van der Waals surface area contributed by atoms with E-state index in [1.165, 1.54) is 0 Å². The summed E-state index contributed by atoms with van der Waals surface area (Å²) >= 11 is 3.58. The van der Waals surface area contributed by atoms with Gasteiger partial charge in [0.1, 0.15) is 5.82 Å². The van der Waals surface area contributed by atoms with Gasteiger partial charge in [-0.1, -0.05) is 25.1 Å². The lowest BCUT2D eigenvalue weighted by atomic mass is 10.1. The van der Waals surface area contributed by atoms with E-state index in [1.807, 2.05) is 18.2 Å². The summed E-state index contributed by atoms with van der Waals surface area (Å²) in [6.07, 6.45) is 0.853. The maximum atomic E-state index is 5.18. The van der Waals surface area contributed by atoms with Gasteiger partial charge in [0.05, 0.1) is 16.8 Å². The van der Waals surface area contributed by atoms with Gasteiger partial charge in [0.25, 0.3) is 0 Å². The molecular formula is C16H20BrN3O. The number of halogens is 1. The Kier molecular flexibility index (Phi) is 5.70. The van der Waals surface area contributed by atoms with Crippen molar-refractivity contribution < 1.29 is 4.74 Å². The molecule has 0 saturated heterocycles. The van der Waals surface area contributed by atoms with E-state index in [-0.39, 0.29) is 0 Å². The highest BCUT2D eigenvalue weighted by molar-refractivity contribution is 9.10. The highest BCUT2D eigenvalue weighted by atomic mass is 79.9. The number of aryl methyl sites for hydroxylation is 1. The monoisotopic (exact) mass is 349 g/mol. The number of ether oxygens (including phenoxy) is 1. The molecule has 0 bridgehead atoms. The van der Waals surface area contributed by atoms with Gasteiger partial charge in [0, 0.05) is 19.2 Å². The summed E-state index contributed by atoms with van der Waals surface area (Å²) in [7, 11) is 1.70. The Labute approximate surface area is 134 Å². The highest BCUT2D eigenvalue weighted by Crippen LogP contribution is 2.28. The van der Waals surface area contributed by atoms with E-state index in [4.69, 9.17) is 4.74 Å². The van der Waals surface area contributed by atoms with E-state index in [1.54, 1.807) is 7.11 Å². The molecule has 0 spiro atoms. The van der Waals surface area contributed by atoms with Gasteiger partial charge in [-0.05, 0) is 40.9 Å². The lowest BCUT2D eigenvalue weighted by molar-refractivity contribution is 0.185. The SMILES string of the molecule is CCNc1nc(-c2cccc(COC)c2)nc(CC)c1Br. The van der Waals surface area contributed by atoms with Crippen LogP contribution in [-0.4, -0.2) is 23.6 Å². The number of benzene rings is 1. The fraction of sp³-hybridized carbons (Fsp3) is 0.375. The molecule has 4 nitrogen and oxygen atoms in total. The normalized spacial score (nSPS) is 10.7. The van der Waals surface area contributed by atoms with Crippen LogP contribution >= 0.6 is 15.9 Å². The third-order valence-electron chi connectivity index (χ3n) is 3.10. The number of hydrogen-bond acceptors (Lipinski definition) is 4. The molecule has 1 heterocycles. The molecule has 0 unspecified atom stereocenters. The van der Waals surface area contributed by atoms with E-state index >= 15 is 0 Å². The molecular weight excluding hydrogens is 330 g/mol. The van der Waals surface area contributed by atoms with Gasteiger partial charge in [0.2, 0.25) is 0 Å². The summed E-state index contributed by atoms with van der Waals surface area (Å²) in [5.41, 5.74) is 3.13. The summed E-state index contributed by atoms with van der Waals surface area (Å²) in [5, 5.41) is 3.28. The van der Waals surface area contributed by atoms with Crippen molar-refractivity contribution in [3.63, 3.8) is 0 Å². The minimum absolute atomic E-state index is 0.588. The predicted octanol–water partition coefficient (Wildman–Crippen LogP) is 4.05. The van der Waals surface area contributed by atoms with Crippen LogP contribution in [-0.2, 0) is 17.8 Å². The number of rotatable bonds is 6. The minimum atomic E-state index is 0.588. The molecule has 1 aromatic heterocycles. The molecule has 21 heavy (non-hydrogen) atoms. The average Bonchev–Trinajstić information content (AvgIpc) is 2.50. The van der Waals surface area contributed by atoms with Gasteiger partial charge in [0.15, 0.2) is 5.82 Å². The molecule has 0 aliphatic heterocycles. The van der Waals surface area contributed by atoms with Crippen LogP contribution in [0.2, 0.25) is 0 Å². The van der Waals surface area contributed by atoms with Gasteiger partial charge >= 0.3 is 0 Å². The summed E-state index contributed by atoms with van der Waals surface area (Å²) in [4.78, 5) is 9.30. The molecule has 0 fully saturated rings. The molecule has 0 aliphatic carbocycles. The first-order valence-electron chi connectivity index (χ1n) is 7.08. The Morgan fingerprint density at radius 1 is 1.24 bits per heavy atom. The molecule has 2 rings (SSSR count). The highest BCUT2D eigenvalue weighted by Gasteiger charge is 2.12. The standard InChI is InChI=1S/C16H20BrN3O/c1-4-13-14(17)16(18-5-2)20-15(19-13)12-8-6-7-11(9-12)10-21-3/h6-9H,4-5,10H2,1-3H3,(H,18,19,20). The zero-order valence-electron chi connectivity index (χ0n) is 12.6. The number of hydrogen-bond donors (Lipinski definition) is 1. The van der Waals surface area contributed by atoms with Gasteiger partial charge < -0.3 is 10.1 Å². The van der Waals surface area contributed by atoms with Gasteiger partial charge in [-0.15, -0.1) is 0 Å². The molecule has 2 aromatic rings. The lowest BCUT2D eigenvalue weighted by Crippen LogP contribution is -2.06. The quantitative estimate of drug-likeness (QED) is 0.854. The first-order chi connectivity index (χ1) is 10.2. The number of nitrogens with zero attached hydrogens (tertiary/aromatic N) is 2. The first kappa shape index (κ1) is 15.9. The Bertz CT molecular complexity index is 616. The number of anilines is 1. The molecule has 0 saturated carbocycles. The van der Waals surface area contributed by atoms with Crippen molar-refractivity contribution in [3.8, 4) is 11.4 Å². The maximum Gasteiger partial charge on any atom is 0.161 e. The fourth-order valence-electron chi connectivity index (χ4n) is 2.11. The van der Waals surface area contributed by atoms with E-state index < -0.39 is 0 Å². The van der Waals surface area contributed by atoms with Crippen LogP contribution in [0.1, 0.15) is 25.1 Å². The number of aromatic nitrogens is 2. The van der Waals surface area contributed by atoms with Crippen molar-refractivity contribution in [2.75, 3.05) is 19.0 Å².